The molecule has 1 amide bonds. The lowest BCUT2D eigenvalue weighted by Crippen LogP contribution is -2.40. The number of sulfonamides is 1. The van der Waals surface area contributed by atoms with Crippen LogP contribution in [0.5, 0.6) is 0 Å². The summed E-state index contributed by atoms with van der Waals surface area (Å²) >= 11 is 1.45. The molecule has 6 nitrogen and oxygen atoms in total. The van der Waals surface area contributed by atoms with Crippen LogP contribution in [-0.2, 0) is 10.0 Å². The van der Waals surface area contributed by atoms with Crippen molar-refractivity contribution in [1.29, 1.82) is 0 Å². The summed E-state index contributed by atoms with van der Waals surface area (Å²) < 4.78 is 22.3. The first kappa shape index (κ1) is 17.1. The van der Waals surface area contributed by atoms with Crippen LogP contribution < -0.4 is 5.14 Å². The van der Waals surface area contributed by atoms with Crippen LogP contribution in [0.3, 0.4) is 0 Å². The van der Waals surface area contributed by atoms with Gasteiger partial charge in [0.15, 0.2) is 0 Å². The molecule has 2 heterocycles. The number of aromatic nitrogens is 1. The second-order valence-corrected chi connectivity index (χ2v) is 8.49. The number of hydrogen-bond donors (Lipinski definition) is 1. The molecule has 0 radical (unpaired) electrons. The lowest BCUT2D eigenvalue weighted by Gasteiger charge is -2.31. The molecule has 2 aromatic rings. The standard InChI is InChI=1S/C16H19N3O3S2/c17-24(21,22)11-12-6-8-19(9-7-12)16(20)14-10-23-15(18-14)13-4-2-1-3-5-13/h1-5,10,12H,6-9,11H2,(H2,17,21,22). The van der Waals surface area contributed by atoms with Crippen LogP contribution in [0.1, 0.15) is 23.3 Å². The highest BCUT2D eigenvalue weighted by Gasteiger charge is 2.27. The van der Waals surface area contributed by atoms with Gasteiger partial charge in [-0.05, 0) is 18.8 Å². The number of carbonyl (C=O) groups is 1. The van der Waals surface area contributed by atoms with E-state index in [4.69, 9.17) is 5.14 Å². The molecule has 0 spiro atoms. The van der Waals surface area contributed by atoms with E-state index in [9.17, 15) is 13.2 Å². The normalized spacial score (nSPS) is 16.3. The zero-order chi connectivity index (χ0) is 17.2. The van der Waals surface area contributed by atoms with Gasteiger partial charge in [-0.25, -0.2) is 18.5 Å². The molecule has 1 aromatic carbocycles. The Balaban J connectivity index is 1.63. The van der Waals surface area contributed by atoms with Gasteiger partial charge in [0, 0.05) is 24.0 Å². The number of piperidine rings is 1. The first-order valence-corrected chi connectivity index (χ1v) is 10.3. The summed E-state index contributed by atoms with van der Waals surface area (Å²) in [4.78, 5) is 18.7. The molecule has 1 saturated heterocycles. The third-order valence-electron chi connectivity index (χ3n) is 4.11. The fraction of sp³-hybridized carbons (Fsp3) is 0.375. The molecule has 2 N–H and O–H groups in total. The summed E-state index contributed by atoms with van der Waals surface area (Å²) in [5.74, 6) is -0.0778. The smallest absolute Gasteiger partial charge is 0.273 e. The van der Waals surface area contributed by atoms with E-state index in [1.165, 1.54) is 11.3 Å². The highest BCUT2D eigenvalue weighted by Crippen LogP contribution is 2.25. The van der Waals surface area contributed by atoms with E-state index in [2.05, 4.69) is 4.98 Å². The van der Waals surface area contributed by atoms with Gasteiger partial charge >= 0.3 is 0 Å². The number of hydrogen-bond acceptors (Lipinski definition) is 5. The lowest BCUT2D eigenvalue weighted by molar-refractivity contribution is 0.0693. The van der Waals surface area contributed by atoms with Crippen molar-refractivity contribution < 1.29 is 13.2 Å². The Hall–Kier alpha value is -1.77. The Labute approximate surface area is 145 Å². The molecule has 0 unspecified atom stereocenters. The third kappa shape index (κ3) is 4.19. The van der Waals surface area contributed by atoms with Crippen LogP contribution >= 0.6 is 11.3 Å². The number of carbonyl (C=O) groups excluding carboxylic acids is 1. The van der Waals surface area contributed by atoms with Crippen molar-refractivity contribution in [2.24, 2.45) is 11.1 Å². The molecule has 128 valence electrons. The van der Waals surface area contributed by atoms with Crippen LogP contribution in [0.2, 0.25) is 0 Å². The van der Waals surface area contributed by atoms with Crippen LogP contribution in [0.25, 0.3) is 10.6 Å². The molecule has 1 aliphatic heterocycles. The van der Waals surface area contributed by atoms with Crippen molar-refractivity contribution in [3.63, 3.8) is 0 Å². The molecule has 3 rings (SSSR count). The van der Waals surface area contributed by atoms with Crippen LogP contribution in [0.4, 0.5) is 0 Å². The summed E-state index contributed by atoms with van der Waals surface area (Å²) in [6.07, 6.45) is 1.30. The summed E-state index contributed by atoms with van der Waals surface area (Å²) in [5.41, 5.74) is 1.44. The summed E-state index contributed by atoms with van der Waals surface area (Å²) in [6, 6.07) is 9.75. The minimum Gasteiger partial charge on any atom is -0.337 e. The first-order valence-electron chi connectivity index (χ1n) is 7.73. The Bertz CT molecular complexity index is 810. The average Bonchev–Trinajstić information content (AvgIpc) is 3.04. The molecule has 0 bridgehead atoms. The van der Waals surface area contributed by atoms with E-state index in [-0.39, 0.29) is 17.6 Å². The Kier molecular flexibility index (Phi) is 4.98. The van der Waals surface area contributed by atoms with Gasteiger partial charge < -0.3 is 4.90 Å². The van der Waals surface area contributed by atoms with Crippen molar-refractivity contribution in [3.05, 3.63) is 41.4 Å². The molecule has 8 heteroatoms. The zero-order valence-corrected chi connectivity index (χ0v) is 14.7. The maximum atomic E-state index is 12.6. The Morgan fingerprint density at radius 1 is 1.25 bits per heavy atom. The minimum absolute atomic E-state index is 0.0100. The monoisotopic (exact) mass is 365 g/mol. The molecule has 0 atom stereocenters. The SMILES string of the molecule is NS(=O)(=O)CC1CCN(C(=O)c2csc(-c3ccccc3)n2)CC1. The van der Waals surface area contributed by atoms with E-state index < -0.39 is 10.0 Å². The topological polar surface area (TPSA) is 93.4 Å². The number of nitrogens with zero attached hydrogens (tertiary/aromatic N) is 2. The number of rotatable bonds is 4. The lowest BCUT2D eigenvalue weighted by atomic mass is 9.99. The predicted octanol–water partition coefficient (Wildman–Crippen LogP) is 1.95. The van der Waals surface area contributed by atoms with Crippen molar-refractivity contribution in [2.75, 3.05) is 18.8 Å². The van der Waals surface area contributed by atoms with Crippen LogP contribution in [-0.4, -0.2) is 43.1 Å². The molecule has 0 aliphatic carbocycles. The van der Waals surface area contributed by atoms with E-state index in [0.29, 0.717) is 31.6 Å². The molecule has 1 aromatic heterocycles. The van der Waals surface area contributed by atoms with E-state index >= 15 is 0 Å². The molecule has 1 fully saturated rings. The number of thiazole rings is 1. The Morgan fingerprint density at radius 3 is 2.54 bits per heavy atom. The number of nitrogens with two attached hydrogens (primary N) is 1. The highest BCUT2D eigenvalue weighted by atomic mass is 32.2. The summed E-state index contributed by atoms with van der Waals surface area (Å²) in [5, 5.41) is 7.69. The quantitative estimate of drug-likeness (QED) is 0.896. The van der Waals surface area contributed by atoms with E-state index in [0.717, 1.165) is 10.6 Å². The zero-order valence-electron chi connectivity index (χ0n) is 13.1. The molecule has 24 heavy (non-hydrogen) atoms. The van der Waals surface area contributed by atoms with Crippen LogP contribution in [0.15, 0.2) is 35.7 Å². The van der Waals surface area contributed by atoms with Gasteiger partial charge in [-0.15, -0.1) is 11.3 Å². The first-order chi connectivity index (χ1) is 11.4. The maximum absolute atomic E-state index is 12.6. The van der Waals surface area contributed by atoms with Crippen molar-refractivity contribution in [2.45, 2.75) is 12.8 Å². The van der Waals surface area contributed by atoms with Gasteiger partial charge in [0.1, 0.15) is 10.7 Å². The van der Waals surface area contributed by atoms with Gasteiger partial charge in [-0.2, -0.15) is 0 Å². The Morgan fingerprint density at radius 2 is 1.92 bits per heavy atom. The van der Waals surface area contributed by atoms with Gasteiger partial charge in [0.2, 0.25) is 10.0 Å². The molecular weight excluding hydrogens is 346 g/mol. The summed E-state index contributed by atoms with van der Waals surface area (Å²) in [7, 11) is -3.46. The number of amides is 1. The van der Waals surface area contributed by atoms with Gasteiger partial charge in [-0.1, -0.05) is 30.3 Å². The summed E-state index contributed by atoms with van der Waals surface area (Å²) in [6.45, 7) is 1.08. The van der Waals surface area contributed by atoms with E-state index in [1.54, 1.807) is 10.3 Å². The van der Waals surface area contributed by atoms with Gasteiger partial charge in [-0.3, -0.25) is 4.79 Å². The molecular formula is C16H19N3O3S2. The largest absolute Gasteiger partial charge is 0.337 e. The average molecular weight is 365 g/mol. The fourth-order valence-electron chi connectivity index (χ4n) is 2.88. The van der Waals surface area contributed by atoms with Gasteiger partial charge in [0.05, 0.1) is 5.75 Å². The highest BCUT2D eigenvalue weighted by molar-refractivity contribution is 7.89. The molecule has 0 saturated carbocycles. The second kappa shape index (κ2) is 7.00. The van der Waals surface area contributed by atoms with Crippen LogP contribution in [0, 0.1) is 5.92 Å². The number of likely N-dealkylation sites (tertiary alicyclic amines) is 1. The second-order valence-electron chi connectivity index (χ2n) is 5.97. The molecule has 1 aliphatic rings. The van der Waals surface area contributed by atoms with Crippen molar-refractivity contribution >= 4 is 27.3 Å². The minimum atomic E-state index is -3.46. The van der Waals surface area contributed by atoms with Crippen molar-refractivity contribution in [1.82, 2.24) is 9.88 Å². The predicted molar refractivity (Wildman–Crippen MR) is 94.2 cm³/mol. The number of benzene rings is 1. The van der Waals surface area contributed by atoms with Crippen molar-refractivity contribution in [3.8, 4) is 10.6 Å². The fourth-order valence-corrected chi connectivity index (χ4v) is 4.67. The third-order valence-corrected chi connectivity index (χ3v) is 5.94. The maximum Gasteiger partial charge on any atom is 0.273 e. The van der Waals surface area contributed by atoms with E-state index in [1.807, 2.05) is 30.3 Å². The number of primary sulfonamides is 1. The van der Waals surface area contributed by atoms with Gasteiger partial charge in [0.25, 0.3) is 5.91 Å².